The van der Waals surface area contributed by atoms with Gasteiger partial charge in [-0.3, -0.25) is 0 Å². The fourth-order valence-corrected chi connectivity index (χ4v) is 2.90. The highest BCUT2D eigenvalue weighted by Crippen LogP contribution is 2.27. The lowest BCUT2D eigenvalue weighted by Gasteiger charge is -2.33. The molecule has 1 saturated heterocycles. The minimum atomic E-state index is 0.323. The molecule has 1 aliphatic heterocycles. The zero-order valence-corrected chi connectivity index (χ0v) is 12.3. The Morgan fingerprint density at radius 1 is 1.42 bits per heavy atom. The van der Waals surface area contributed by atoms with Crippen LogP contribution in [0.5, 0.6) is 0 Å². The van der Waals surface area contributed by atoms with Gasteiger partial charge in [0, 0.05) is 13.1 Å². The van der Waals surface area contributed by atoms with E-state index in [1.54, 1.807) is 6.07 Å². The summed E-state index contributed by atoms with van der Waals surface area (Å²) in [5.41, 5.74) is 0.323. The predicted octanol–water partition coefficient (Wildman–Crippen LogP) is 3.87. The molecule has 1 aromatic rings. The normalized spacial score (nSPS) is 16.7. The predicted molar refractivity (Wildman–Crippen MR) is 78.4 cm³/mol. The van der Waals surface area contributed by atoms with Crippen LogP contribution in [0.2, 0.25) is 5.02 Å². The first-order valence-electron chi connectivity index (χ1n) is 6.91. The van der Waals surface area contributed by atoms with Crippen molar-refractivity contribution in [3.63, 3.8) is 0 Å². The SMILES string of the molecule is CC(C)CC1CCN(c2ccc(Cl)c(C#N)n2)CC1. The van der Waals surface area contributed by atoms with Crippen LogP contribution in [0.3, 0.4) is 0 Å². The smallest absolute Gasteiger partial charge is 0.161 e. The van der Waals surface area contributed by atoms with Gasteiger partial charge < -0.3 is 4.90 Å². The van der Waals surface area contributed by atoms with Crippen LogP contribution in [-0.4, -0.2) is 18.1 Å². The molecule has 0 spiro atoms. The fraction of sp³-hybridized carbons (Fsp3) is 0.600. The number of rotatable bonds is 3. The standard InChI is InChI=1S/C15H20ClN3/c1-11(2)9-12-5-7-19(8-6-12)15-4-3-13(16)14(10-17)18-15/h3-4,11-12H,5-9H2,1-2H3. The van der Waals surface area contributed by atoms with Gasteiger partial charge in [0.2, 0.25) is 0 Å². The Bertz CT molecular complexity index is 471. The number of nitriles is 1. The Morgan fingerprint density at radius 3 is 2.68 bits per heavy atom. The summed E-state index contributed by atoms with van der Waals surface area (Å²) >= 11 is 5.91. The molecular weight excluding hydrogens is 258 g/mol. The highest BCUT2D eigenvalue weighted by atomic mass is 35.5. The van der Waals surface area contributed by atoms with Gasteiger partial charge in [-0.05, 0) is 43.2 Å². The van der Waals surface area contributed by atoms with E-state index in [1.165, 1.54) is 19.3 Å². The third kappa shape index (κ3) is 3.61. The molecule has 0 aromatic carbocycles. The number of hydrogen-bond acceptors (Lipinski definition) is 3. The van der Waals surface area contributed by atoms with Gasteiger partial charge in [-0.15, -0.1) is 0 Å². The van der Waals surface area contributed by atoms with Crippen molar-refractivity contribution >= 4 is 17.4 Å². The molecule has 1 fully saturated rings. The van der Waals surface area contributed by atoms with Gasteiger partial charge in [0.05, 0.1) is 5.02 Å². The third-order valence-electron chi connectivity index (χ3n) is 3.68. The summed E-state index contributed by atoms with van der Waals surface area (Å²) < 4.78 is 0. The van der Waals surface area contributed by atoms with Crippen LogP contribution < -0.4 is 4.90 Å². The maximum atomic E-state index is 8.97. The molecule has 4 heteroatoms. The number of halogens is 1. The van der Waals surface area contributed by atoms with E-state index in [4.69, 9.17) is 16.9 Å². The topological polar surface area (TPSA) is 39.9 Å². The lowest BCUT2D eigenvalue weighted by Crippen LogP contribution is -2.34. The number of hydrogen-bond donors (Lipinski definition) is 0. The number of nitrogens with zero attached hydrogens (tertiary/aromatic N) is 3. The van der Waals surface area contributed by atoms with Gasteiger partial charge in [-0.1, -0.05) is 25.4 Å². The van der Waals surface area contributed by atoms with Gasteiger partial charge in [0.25, 0.3) is 0 Å². The molecule has 1 aliphatic rings. The third-order valence-corrected chi connectivity index (χ3v) is 3.99. The molecule has 0 amide bonds. The first-order valence-corrected chi connectivity index (χ1v) is 7.29. The van der Waals surface area contributed by atoms with Gasteiger partial charge in [0.1, 0.15) is 11.9 Å². The second kappa shape index (κ2) is 6.25. The van der Waals surface area contributed by atoms with E-state index < -0.39 is 0 Å². The lowest BCUT2D eigenvalue weighted by molar-refractivity contribution is 0.337. The average molecular weight is 278 g/mol. The van der Waals surface area contributed by atoms with Crippen LogP contribution in [0.1, 0.15) is 38.8 Å². The lowest BCUT2D eigenvalue weighted by atomic mass is 9.88. The van der Waals surface area contributed by atoms with Crippen molar-refractivity contribution in [3.8, 4) is 6.07 Å². The van der Waals surface area contributed by atoms with Crippen LogP contribution >= 0.6 is 11.6 Å². The summed E-state index contributed by atoms with van der Waals surface area (Å²) in [5, 5.41) is 9.40. The minimum Gasteiger partial charge on any atom is -0.357 e. The maximum Gasteiger partial charge on any atom is 0.161 e. The zero-order valence-electron chi connectivity index (χ0n) is 11.6. The average Bonchev–Trinajstić information content (AvgIpc) is 2.40. The Labute approximate surface area is 120 Å². The summed E-state index contributed by atoms with van der Waals surface area (Å²) in [6.07, 6.45) is 3.74. The van der Waals surface area contributed by atoms with Crippen LogP contribution in [0.25, 0.3) is 0 Å². The molecule has 3 nitrogen and oxygen atoms in total. The molecule has 0 unspecified atom stereocenters. The van der Waals surface area contributed by atoms with Gasteiger partial charge in [0.15, 0.2) is 5.69 Å². The molecule has 0 N–H and O–H groups in total. The van der Waals surface area contributed by atoms with Crippen molar-refractivity contribution < 1.29 is 0 Å². The fourth-order valence-electron chi connectivity index (χ4n) is 2.75. The Morgan fingerprint density at radius 2 is 2.11 bits per heavy atom. The minimum absolute atomic E-state index is 0.323. The molecular formula is C15H20ClN3. The molecule has 2 heterocycles. The number of pyridine rings is 1. The van der Waals surface area contributed by atoms with Crippen molar-refractivity contribution in [2.75, 3.05) is 18.0 Å². The highest BCUT2D eigenvalue weighted by Gasteiger charge is 2.21. The van der Waals surface area contributed by atoms with Gasteiger partial charge >= 0.3 is 0 Å². The van der Waals surface area contributed by atoms with E-state index >= 15 is 0 Å². The number of anilines is 1. The van der Waals surface area contributed by atoms with Crippen molar-refractivity contribution in [3.05, 3.63) is 22.8 Å². The zero-order chi connectivity index (χ0) is 13.8. The summed E-state index contributed by atoms with van der Waals surface area (Å²) in [6, 6.07) is 5.72. The molecule has 2 rings (SSSR count). The van der Waals surface area contributed by atoms with E-state index in [0.717, 1.165) is 30.7 Å². The molecule has 0 bridgehead atoms. The second-order valence-corrected chi connectivity index (χ2v) is 6.08. The van der Waals surface area contributed by atoms with Crippen molar-refractivity contribution in [2.45, 2.75) is 33.1 Å². The van der Waals surface area contributed by atoms with E-state index in [0.29, 0.717) is 10.7 Å². The summed E-state index contributed by atoms with van der Waals surface area (Å²) in [7, 11) is 0. The summed E-state index contributed by atoms with van der Waals surface area (Å²) in [6.45, 7) is 6.62. The molecule has 1 aromatic heterocycles. The van der Waals surface area contributed by atoms with Crippen molar-refractivity contribution in [1.82, 2.24) is 4.98 Å². The van der Waals surface area contributed by atoms with Crippen molar-refractivity contribution in [2.24, 2.45) is 11.8 Å². The van der Waals surface area contributed by atoms with Crippen LogP contribution in [0, 0.1) is 23.2 Å². The van der Waals surface area contributed by atoms with E-state index in [1.807, 2.05) is 12.1 Å². The molecule has 19 heavy (non-hydrogen) atoms. The molecule has 0 aliphatic carbocycles. The number of aromatic nitrogens is 1. The first-order chi connectivity index (χ1) is 9.10. The maximum absolute atomic E-state index is 8.97. The summed E-state index contributed by atoms with van der Waals surface area (Å²) in [5.74, 6) is 2.48. The van der Waals surface area contributed by atoms with E-state index in [9.17, 15) is 0 Å². The monoisotopic (exact) mass is 277 g/mol. The molecule has 0 radical (unpaired) electrons. The van der Waals surface area contributed by atoms with E-state index in [-0.39, 0.29) is 0 Å². The van der Waals surface area contributed by atoms with Crippen molar-refractivity contribution in [1.29, 1.82) is 5.26 Å². The highest BCUT2D eigenvalue weighted by molar-refractivity contribution is 6.31. The van der Waals surface area contributed by atoms with Crippen LogP contribution in [0.4, 0.5) is 5.82 Å². The quantitative estimate of drug-likeness (QED) is 0.842. The molecule has 0 saturated carbocycles. The Balaban J connectivity index is 2.00. The Kier molecular flexibility index (Phi) is 4.66. The molecule has 102 valence electrons. The van der Waals surface area contributed by atoms with E-state index in [2.05, 4.69) is 23.7 Å². The number of piperidine rings is 1. The first kappa shape index (κ1) is 14.1. The van der Waals surface area contributed by atoms with Crippen LogP contribution in [0.15, 0.2) is 12.1 Å². The van der Waals surface area contributed by atoms with Gasteiger partial charge in [-0.25, -0.2) is 4.98 Å². The van der Waals surface area contributed by atoms with Gasteiger partial charge in [-0.2, -0.15) is 5.26 Å². The Hall–Kier alpha value is -1.27. The summed E-state index contributed by atoms with van der Waals surface area (Å²) in [4.78, 5) is 6.59. The molecule has 0 atom stereocenters. The van der Waals surface area contributed by atoms with Crippen LogP contribution in [-0.2, 0) is 0 Å². The largest absolute Gasteiger partial charge is 0.357 e. The second-order valence-electron chi connectivity index (χ2n) is 5.67.